The minimum absolute atomic E-state index is 0.193. The van der Waals surface area contributed by atoms with Crippen molar-refractivity contribution in [2.75, 3.05) is 7.11 Å². The Morgan fingerprint density at radius 3 is 2.41 bits per heavy atom. The van der Waals surface area contributed by atoms with Gasteiger partial charge in [0.15, 0.2) is 0 Å². The van der Waals surface area contributed by atoms with Crippen molar-refractivity contribution in [2.24, 2.45) is 5.92 Å². The molecular weight excluding hydrogens is 212 g/mol. The Balaban J connectivity index is 3.36. The van der Waals surface area contributed by atoms with Crippen molar-refractivity contribution < 1.29 is 9.84 Å². The van der Waals surface area contributed by atoms with Gasteiger partial charge in [-0.15, -0.1) is 0 Å². The first-order valence-electron chi connectivity index (χ1n) is 6.23. The second kappa shape index (κ2) is 5.09. The lowest BCUT2D eigenvalue weighted by atomic mass is 9.81. The fourth-order valence-electron chi connectivity index (χ4n) is 2.11. The third kappa shape index (κ3) is 2.47. The van der Waals surface area contributed by atoms with Gasteiger partial charge in [-0.05, 0) is 37.8 Å². The molecule has 0 aromatic heterocycles. The highest BCUT2D eigenvalue weighted by Gasteiger charge is 2.32. The quantitative estimate of drug-likeness (QED) is 0.866. The number of hydrogen-bond acceptors (Lipinski definition) is 2. The van der Waals surface area contributed by atoms with Gasteiger partial charge in [-0.3, -0.25) is 0 Å². The van der Waals surface area contributed by atoms with Crippen molar-refractivity contribution in [2.45, 2.75) is 46.6 Å². The molecule has 0 heterocycles. The van der Waals surface area contributed by atoms with E-state index in [1.54, 1.807) is 7.11 Å². The predicted molar refractivity (Wildman–Crippen MR) is 71.5 cm³/mol. The first-order valence-corrected chi connectivity index (χ1v) is 6.23. The van der Waals surface area contributed by atoms with Crippen molar-refractivity contribution in [1.29, 1.82) is 0 Å². The molecular formula is C15H24O2. The molecule has 0 spiro atoms. The molecule has 0 saturated carbocycles. The lowest BCUT2D eigenvalue weighted by Crippen LogP contribution is -2.30. The highest BCUT2D eigenvalue weighted by molar-refractivity contribution is 5.48. The number of ether oxygens (including phenoxy) is 1. The van der Waals surface area contributed by atoms with Crippen LogP contribution in [0, 0.1) is 19.8 Å². The number of rotatable bonds is 4. The van der Waals surface area contributed by atoms with Crippen LogP contribution in [-0.2, 0) is 5.60 Å². The summed E-state index contributed by atoms with van der Waals surface area (Å²) in [5.74, 6) is 1.01. The van der Waals surface area contributed by atoms with Gasteiger partial charge in [0.05, 0.1) is 12.7 Å². The van der Waals surface area contributed by atoms with Crippen molar-refractivity contribution in [3.63, 3.8) is 0 Å². The second-order valence-corrected chi connectivity index (χ2v) is 5.05. The molecule has 0 bridgehead atoms. The molecule has 2 heteroatoms. The smallest absolute Gasteiger partial charge is 0.128 e. The van der Waals surface area contributed by atoms with Gasteiger partial charge in [0.2, 0.25) is 0 Å². The zero-order valence-electron chi connectivity index (χ0n) is 11.8. The van der Waals surface area contributed by atoms with Crippen LogP contribution in [0.15, 0.2) is 12.1 Å². The van der Waals surface area contributed by atoms with Crippen LogP contribution in [0.5, 0.6) is 5.75 Å². The maximum atomic E-state index is 10.7. The molecule has 0 saturated heterocycles. The van der Waals surface area contributed by atoms with E-state index in [2.05, 4.69) is 20.8 Å². The van der Waals surface area contributed by atoms with E-state index in [1.165, 1.54) is 5.56 Å². The summed E-state index contributed by atoms with van der Waals surface area (Å²) in [5.41, 5.74) is 2.33. The largest absolute Gasteiger partial charge is 0.496 e. The van der Waals surface area contributed by atoms with Crippen LogP contribution in [0.25, 0.3) is 0 Å². The summed E-state index contributed by atoms with van der Waals surface area (Å²) in [6.07, 6.45) is 0.934. The molecule has 17 heavy (non-hydrogen) atoms. The topological polar surface area (TPSA) is 29.5 Å². The summed E-state index contributed by atoms with van der Waals surface area (Å²) < 4.78 is 5.48. The highest BCUT2D eigenvalue weighted by Crippen LogP contribution is 2.39. The second-order valence-electron chi connectivity index (χ2n) is 5.05. The predicted octanol–water partition coefficient (Wildman–Crippen LogP) is 3.57. The van der Waals surface area contributed by atoms with E-state index >= 15 is 0 Å². The summed E-state index contributed by atoms with van der Waals surface area (Å²) in [7, 11) is 1.66. The minimum Gasteiger partial charge on any atom is -0.496 e. The van der Waals surface area contributed by atoms with E-state index in [-0.39, 0.29) is 5.92 Å². The highest BCUT2D eigenvalue weighted by atomic mass is 16.5. The van der Waals surface area contributed by atoms with Gasteiger partial charge in [-0.25, -0.2) is 0 Å². The van der Waals surface area contributed by atoms with Crippen LogP contribution in [0.4, 0.5) is 0 Å². The lowest BCUT2D eigenvalue weighted by Gasteiger charge is -2.32. The average Bonchev–Trinajstić information content (AvgIpc) is 2.30. The third-order valence-corrected chi connectivity index (χ3v) is 4.00. The molecule has 0 fully saturated rings. The molecule has 0 aliphatic rings. The Kier molecular flexibility index (Phi) is 4.21. The standard InChI is InChI=1S/C15H24O2/c1-7-11(3)15(5,16)13-9-8-10(2)12(4)14(13)17-6/h8-9,11,16H,7H2,1-6H3. The number of benzene rings is 1. The van der Waals surface area contributed by atoms with Crippen molar-refractivity contribution in [1.82, 2.24) is 0 Å². The lowest BCUT2D eigenvalue weighted by molar-refractivity contribution is -0.00205. The van der Waals surface area contributed by atoms with Gasteiger partial charge in [-0.2, -0.15) is 0 Å². The van der Waals surface area contributed by atoms with E-state index < -0.39 is 5.60 Å². The number of aryl methyl sites for hydroxylation is 1. The molecule has 0 aliphatic carbocycles. The van der Waals surface area contributed by atoms with Gasteiger partial charge >= 0.3 is 0 Å². The molecule has 2 nitrogen and oxygen atoms in total. The Labute approximate surface area is 105 Å². The van der Waals surface area contributed by atoms with Crippen molar-refractivity contribution >= 4 is 0 Å². The number of hydrogen-bond donors (Lipinski definition) is 1. The van der Waals surface area contributed by atoms with Gasteiger partial charge in [-0.1, -0.05) is 32.4 Å². The van der Waals surface area contributed by atoms with Gasteiger partial charge in [0.1, 0.15) is 5.75 Å². The van der Waals surface area contributed by atoms with Crippen molar-refractivity contribution in [3.05, 3.63) is 28.8 Å². The summed E-state index contributed by atoms with van der Waals surface area (Å²) >= 11 is 0. The number of aliphatic hydroxyl groups is 1. The summed E-state index contributed by atoms with van der Waals surface area (Å²) in [6, 6.07) is 4.03. The van der Waals surface area contributed by atoms with Crippen LogP contribution >= 0.6 is 0 Å². The SMILES string of the molecule is CCC(C)C(C)(O)c1ccc(C)c(C)c1OC. The molecule has 0 radical (unpaired) electrons. The molecule has 0 amide bonds. The van der Waals surface area contributed by atoms with Gasteiger partial charge in [0, 0.05) is 5.56 Å². The Hall–Kier alpha value is -1.02. The normalized spacial score (nSPS) is 16.4. The van der Waals surface area contributed by atoms with Crippen LogP contribution in [0.1, 0.15) is 43.9 Å². The molecule has 1 N–H and O–H groups in total. The minimum atomic E-state index is -0.849. The molecule has 0 aliphatic heterocycles. The van der Waals surface area contributed by atoms with E-state index in [1.807, 2.05) is 26.0 Å². The zero-order valence-corrected chi connectivity index (χ0v) is 11.8. The molecule has 1 aromatic carbocycles. The average molecular weight is 236 g/mol. The molecule has 1 rings (SSSR count). The van der Waals surface area contributed by atoms with Crippen LogP contribution in [0.3, 0.4) is 0 Å². The summed E-state index contributed by atoms with van der Waals surface area (Å²) in [5, 5.41) is 10.7. The van der Waals surface area contributed by atoms with E-state index in [4.69, 9.17) is 4.74 Å². The van der Waals surface area contributed by atoms with Crippen molar-refractivity contribution in [3.8, 4) is 5.75 Å². The Bertz CT molecular complexity index is 394. The summed E-state index contributed by atoms with van der Waals surface area (Å²) in [4.78, 5) is 0. The first kappa shape index (κ1) is 14.0. The zero-order chi connectivity index (χ0) is 13.2. The van der Waals surface area contributed by atoms with Gasteiger partial charge < -0.3 is 9.84 Å². The Morgan fingerprint density at radius 2 is 1.94 bits per heavy atom. The third-order valence-electron chi connectivity index (χ3n) is 4.00. The van der Waals surface area contributed by atoms with Crippen LogP contribution < -0.4 is 4.74 Å². The van der Waals surface area contributed by atoms with Crippen LogP contribution in [0.2, 0.25) is 0 Å². The molecule has 2 atom stereocenters. The monoisotopic (exact) mass is 236 g/mol. The maximum Gasteiger partial charge on any atom is 0.128 e. The van der Waals surface area contributed by atoms with E-state index in [0.717, 1.165) is 23.3 Å². The fourth-order valence-corrected chi connectivity index (χ4v) is 2.11. The van der Waals surface area contributed by atoms with E-state index in [9.17, 15) is 5.11 Å². The molecule has 1 aromatic rings. The Morgan fingerprint density at radius 1 is 1.35 bits per heavy atom. The summed E-state index contributed by atoms with van der Waals surface area (Å²) in [6.45, 7) is 10.1. The fraction of sp³-hybridized carbons (Fsp3) is 0.600. The van der Waals surface area contributed by atoms with E-state index in [0.29, 0.717) is 0 Å². The first-order chi connectivity index (χ1) is 7.86. The molecule has 2 unspecified atom stereocenters. The number of methoxy groups -OCH3 is 1. The molecule has 96 valence electrons. The maximum absolute atomic E-state index is 10.7. The van der Waals surface area contributed by atoms with Crippen LogP contribution in [-0.4, -0.2) is 12.2 Å². The van der Waals surface area contributed by atoms with Gasteiger partial charge in [0.25, 0.3) is 0 Å².